The molecular formula is C33H30N+. The molecule has 0 radical (unpaired) electrons. The summed E-state index contributed by atoms with van der Waals surface area (Å²) in [4.78, 5) is 0. The van der Waals surface area contributed by atoms with Crippen molar-refractivity contribution in [2.75, 3.05) is 0 Å². The molecule has 0 unspecified atom stereocenters. The molecular weight excluding hydrogens is 410 g/mol. The van der Waals surface area contributed by atoms with Gasteiger partial charge < -0.3 is 0 Å². The highest BCUT2D eigenvalue weighted by Gasteiger charge is 2.36. The third-order valence-corrected chi connectivity index (χ3v) is 7.83. The average Bonchev–Trinajstić information content (AvgIpc) is 3.06. The molecule has 0 aliphatic heterocycles. The fourth-order valence-corrected chi connectivity index (χ4v) is 5.82. The molecule has 6 rings (SSSR count). The number of benzene rings is 4. The van der Waals surface area contributed by atoms with E-state index in [9.17, 15) is 0 Å². The lowest BCUT2D eigenvalue weighted by molar-refractivity contribution is -0.665. The normalized spacial score (nSPS) is 13.7. The van der Waals surface area contributed by atoms with Gasteiger partial charge in [0.25, 0.3) is 0 Å². The predicted molar refractivity (Wildman–Crippen MR) is 143 cm³/mol. The third-order valence-electron chi connectivity index (χ3n) is 7.83. The van der Waals surface area contributed by atoms with Crippen LogP contribution in [0.3, 0.4) is 0 Å². The van der Waals surface area contributed by atoms with E-state index in [4.69, 9.17) is 0 Å². The van der Waals surface area contributed by atoms with Gasteiger partial charge in [-0.15, -0.1) is 0 Å². The summed E-state index contributed by atoms with van der Waals surface area (Å²) in [5, 5.41) is 2.58. The lowest BCUT2D eigenvalue weighted by Crippen LogP contribution is -2.35. The van der Waals surface area contributed by atoms with E-state index in [0.29, 0.717) is 0 Å². The fourth-order valence-electron chi connectivity index (χ4n) is 5.82. The second-order valence-electron chi connectivity index (χ2n) is 10.2. The van der Waals surface area contributed by atoms with E-state index in [-0.39, 0.29) is 5.41 Å². The van der Waals surface area contributed by atoms with Gasteiger partial charge in [0.05, 0.1) is 10.9 Å². The smallest absolute Gasteiger partial charge is 0.198 e. The van der Waals surface area contributed by atoms with Crippen LogP contribution in [0.5, 0.6) is 0 Å². The summed E-state index contributed by atoms with van der Waals surface area (Å²) < 4.78 is 2.36. The van der Waals surface area contributed by atoms with Crippen LogP contribution in [0.25, 0.3) is 44.3 Å². The van der Waals surface area contributed by atoms with Gasteiger partial charge in [0.1, 0.15) is 7.05 Å². The molecule has 1 heteroatoms. The maximum atomic E-state index is 2.46. The van der Waals surface area contributed by atoms with E-state index >= 15 is 0 Å². The summed E-state index contributed by atoms with van der Waals surface area (Å²) in [7, 11) is 2.20. The highest BCUT2D eigenvalue weighted by molar-refractivity contribution is 5.97. The van der Waals surface area contributed by atoms with Crippen molar-refractivity contribution in [3.05, 3.63) is 113 Å². The average molecular weight is 441 g/mol. The fraction of sp³-hybridized carbons (Fsp3) is 0.182. The molecule has 0 saturated carbocycles. The van der Waals surface area contributed by atoms with Gasteiger partial charge in [0, 0.05) is 18.4 Å². The Morgan fingerprint density at radius 2 is 1.35 bits per heavy atom. The van der Waals surface area contributed by atoms with Gasteiger partial charge >= 0.3 is 0 Å². The Labute approximate surface area is 202 Å². The minimum Gasteiger partial charge on any atom is -0.198 e. The molecule has 0 saturated heterocycles. The molecule has 0 spiro atoms. The van der Waals surface area contributed by atoms with E-state index in [1.165, 1.54) is 66.7 Å². The van der Waals surface area contributed by atoms with Crippen molar-refractivity contribution in [1.82, 2.24) is 0 Å². The summed E-state index contributed by atoms with van der Waals surface area (Å²) in [5.74, 6) is 0. The number of aromatic nitrogens is 1. The van der Waals surface area contributed by atoms with Crippen molar-refractivity contribution in [2.24, 2.45) is 7.05 Å². The molecule has 166 valence electrons. The van der Waals surface area contributed by atoms with Gasteiger partial charge in [-0.2, -0.15) is 4.57 Å². The van der Waals surface area contributed by atoms with E-state index in [1.54, 1.807) is 0 Å². The third kappa shape index (κ3) is 2.97. The van der Waals surface area contributed by atoms with E-state index in [1.807, 2.05) is 0 Å². The molecule has 4 aromatic carbocycles. The van der Waals surface area contributed by atoms with Gasteiger partial charge in [0.2, 0.25) is 5.69 Å². The van der Waals surface area contributed by atoms with Crippen LogP contribution in [0, 0.1) is 13.8 Å². The van der Waals surface area contributed by atoms with Crippen molar-refractivity contribution in [2.45, 2.75) is 33.1 Å². The molecule has 0 N–H and O–H groups in total. The van der Waals surface area contributed by atoms with E-state index in [2.05, 4.69) is 130 Å². The summed E-state index contributed by atoms with van der Waals surface area (Å²) >= 11 is 0. The molecule has 0 amide bonds. The number of hydrogen-bond donors (Lipinski definition) is 0. The molecule has 0 fully saturated rings. The minimum absolute atomic E-state index is 0.00689. The zero-order valence-electron chi connectivity index (χ0n) is 20.6. The second kappa shape index (κ2) is 7.40. The number of fused-ring (bicyclic) bond motifs is 4. The summed E-state index contributed by atoms with van der Waals surface area (Å²) in [6.07, 6.45) is 0. The minimum atomic E-state index is -0.00689. The van der Waals surface area contributed by atoms with Crippen molar-refractivity contribution in [3.63, 3.8) is 0 Å². The second-order valence-corrected chi connectivity index (χ2v) is 10.2. The van der Waals surface area contributed by atoms with Gasteiger partial charge in [0.15, 0.2) is 5.69 Å². The summed E-state index contributed by atoms with van der Waals surface area (Å²) in [6, 6.07) is 33.6. The number of hydrogen-bond acceptors (Lipinski definition) is 0. The molecule has 5 aromatic rings. The summed E-state index contributed by atoms with van der Waals surface area (Å²) in [5.41, 5.74) is 13.3. The van der Waals surface area contributed by atoms with Crippen molar-refractivity contribution in [3.8, 4) is 33.5 Å². The van der Waals surface area contributed by atoms with Gasteiger partial charge in [-0.05, 0) is 69.5 Å². The van der Waals surface area contributed by atoms with Crippen LogP contribution in [-0.2, 0) is 12.5 Å². The van der Waals surface area contributed by atoms with Crippen molar-refractivity contribution < 1.29 is 4.57 Å². The van der Waals surface area contributed by atoms with Crippen LogP contribution in [0.15, 0.2) is 91.0 Å². The zero-order valence-corrected chi connectivity index (χ0v) is 20.6. The molecule has 1 heterocycles. The lowest BCUT2D eigenvalue weighted by atomic mass is 9.81. The zero-order chi connectivity index (χ0) is 23.6. The summed E-state index contributed by atoms with van der Waals surface area (Å²) in [6.45, 7) is 9.19. The molecule has 1 aliphatic carbocycles. The Bertz CT molecular complexity index is 1590. The Balaban J connectivity index is 1.60. The molecule has 1 aromatic heterocycles. The van der Waals surface area contributed by atoms with Crippen LogP contribution in [0.1, 0.15) is 36.2 Å². The Hall–Kier alpha value is -3.71. The Kier molecular flexibility index (Phi) is 4.54. The first-order chi connectivity index (χ1) is 16.4. The van der Waals surface area contributed by atoms with Crippen LogP contribution in [0.4, 0.5) is 0 Å². The monoisotopic (exact) mass is 440 g/mol. The number of nitrogens with zero attached hydrogens (tertiary/aromatic N) is 1. The number of rotatable bonds is 2. The first-order valence-electron chi connectivity index (χ1n) is 12.1. The van der Waals surface area contributed by atoms with E-state index in [0.717, 1.165) is 0 Å². The van der Waals surface area contributed by atoms with Crippen molar-refractivity contribution in [1.29, 1.82) is 0 Å². The standard InChI is InChI=1S/C33H30N/c1-21-17-29-27-13-9-10-14-30(27)33(3,4)31(29)20-28(21)32-26-16-15-24(23-11-7-6-8-12-23)19-25(26)18-22(2)34(32)5/h6-20H,1-5H3/q+1. The molecule has 34 heavy (non-hydrogen) atoms. The number of aryl methyl sites for hydroxylation is 2. The van der Waals surface area contributed by atoms with Gasteiger partial charge in [-0.25, -0.2) is 0 Å². The maximum Gasteiger partial charge on any atom is 0.220 e. The van der Waals surface area contributed by atoms with Crippen LogP contribution in [-0.4, -0.2) is 0 Å². The quantitative estimate of drug-likeness (QED) is 0.245. The van der Waals surface area contributed by atoms with Crippen LogP contribution < -0.4 is 4.57 Å². The first kappa shape index (κ1) is 20.9. The molecule has 0 bridgehead atoms. The molecule has 1 aliphatic rings. The SMILES string of the molecule is Cc1cc2c(cc1-c1c3ccc(-c4ccccc4)cc3cc(C)[n+]1C)C(C)(C)c1ccccc1-2. The molecule has 0 atom stereocenters. The highest BCUT2D eigenvalue weighted by Crippen LogP contribution is 2.50. The van der Waals surface area contributed by atoms with Crippen LogP contribution in [0.2, 0.25) is 0 Å². The van der Waals surface area contributed by atoms with Gasteiger partial charge in [-0.1, -0.05) is 80.6 Å². The Morgan fingerprint density at radius 3 is 2.15 bits per heavy atom. The number of pyridine rings is 1. The first-order valence-corrected chi connectivity index (χ1v) is 12.1. The topological polar surface area (TPSA) is 3.88 Å². The molecule has 1 nitrogen and oxygen atoms in total. The Morgan fingerprint density at radius 1 is 0.618 bits per heavy atom. The maximum absolute atomic E-state index is 2.46. The largest absolute Gasteiger partial charge is 0.220 e. The predicted octanol–water partition coefficient (Wildman–Crippen LogP) is 7.92. The van der Waals surface area contributed by atoms with Crippen LogP contribution >= 0.6 is 0 Å². The lowest BCUT2D eigenvalue weighted by Gasteiger charge is -2.22. The van der Waals surface area contributed by atoms with E-state index < -0.39 is 0 Å². The van der Waals surface area contributed by atoms with Crippen molar-refractivity contribution >= 4 is 10.8 Å². The van der Waals surface area contributed by atoms with Gasteiger partial charge in [-0.3, -0.25) is 0 Å². The highest BCUT2D eigenvalue weighted by atomic mass is 14.9.